The molecule has 5 nitrogen and oxygen atoms in total. The van der Waals surface area contributed by atoms with Crippen molar-refractivity contribution in [3.8, 4) is 0 Å². The molecule has 0 bridgehead atoms. The van der Waals surface area contributed by atoms with Gasteiger partial charge in [-0.25, -0.2) is 4.98 Å². The minimum atomic E-state index is -0.0949. The molecule has 1 amide bonds. The summed E-state index contributed by atoms with van der Waals surface area (Å²) in [6.45, 7) is 6.09. The average molecular weight is 321 g/mol. The number of amides is 1. The molecule has 0 aliphatic carbocycles. The van der Waals surface area contributed by atoms with Crippen LogP contribution in [0, 0.1) is 12.8 Å². The normalized spacial score (nSPS) is 21.5. The molecule has 1 unspecified atom stereocenters. The van der Waals surface area contributed by atoms with Gasteiger partial charge >= 0.3 is 0 Å². The van der Waals surface area contributed by atoms with E-state index >= 15 is 0 Å². The second-order valence-corrected chi connectivity index (χ2v) is 7.11. The van der Waals surface area contributed by atoms with Crippen LogP contribution in [-0.4, -0.2) is 39.2 Å². The lowest BCUT2D eigenvalue weighted by Crippen LogP contribution is -2.44. The first kappa shape index (κ1) is 15.6. The van der Waals surface area contributed by atoms with Crippen LogP contribution in [-0.2, 0) is 17.8 Å². The minimum absolute atomic E-state index is 0.0358. The van der Waals surface area contributed by atoms with Crippen molar-refractivity contribution in [2.75, 3.05) is 18.8 Å². The summed E-state index contributed by atoms with van der Waals surface area (Å²) in [6.07, 6.45) is 4.10. The number of hydrogen-bond acceptors (Lipinski definition) is 4. The molecule has 22 heavy (non-hydrogen) atoms. The third kappa shape index (κ3) is 2.81. The number of likely N-dealkylation sites (tertiary alicyclic amines) is 1. The van der Waals surface area contributed by atoms with E-state index in [1.165, 1.54) is 6.42 Å². The number of carbonyl (C=O) groups excluding carboxylic acids is 1. The van der Waals surface area contributed by atoms with Gasteiger partial charge in [0.2, 0.25) is 5.91 Å². The molecule has 2 aliphatic rings. The molecule has 3 rings (SSSR count). The zero-order chi connectivity index (χ0) is 15.7. The van der Waals surface area contributed by atoms with Gasteiger partial charge in [0.15, 0.2) is 5.16 Å². The standard InChI is InChI=1S/C16H23N3O2S/c1-3-13-11(2)17-16-19(15(13)21)9-12(10-22-16)14(20)18-7-5-4-6-8-18/h12H,3-10H2,1-2H3. The Bertz CT molecular complexity index is 635. The fourth-order valence-electron chi connectivity index (χ4n) is 3.32. The molecule has 1 aromatic rings. The maximum absolute atomic E-state index is 12.7. The largest absolute Gasteiger partial charge is 0.342 e. The van der Waals surface area contributed by atoms with Crippen molar-refractivity contribution in [2.24, 2.45) is 5.92 Å². The lowest BCUT2D eigenvalue weighted by Gasteiger charge is -2.32. The van der Waals surface area contributed by atoms with E-state index in [0.29, 0.717) is 13.0 Å². The SMILES string of the molecule is CCc1c(C)nc2n(c1=O)CC(C(=O)N1CCCCC1)CS2. The molecule has 1 saturated heterocycles. The van der Waals surface area contributed by atoms with Crippen LogP contribution >= 0.6 is 11.8 Å². The van der Waals surface area contributed by atoms with E-state index in [0.717, 1.165) is 48.1 Å². The number of carbonyl (C=O) groups is 1. The lowest BCUT2D eigenvalue weighted by molar-refractivity contribution is -0.136. The molecule has 0 spiro atoms. The summed E-state index contributed by atoms with van der Waals surface area (Å²) in [6, 6.07) is 0. The molecular formula is C16H23N3O2S. The highest BCUT2D eigenvalue weighted by Crippen LogP contribution is 2.27. The van der Waals surface area contributed by atoms with Crippen LogP contribution in [0.2, 0.25) is 0 Å². The van der Waals surface area contributed by atoms with Crippen LogP contribution in [0.4, 0.5) is 0 Å². The zero-order valence-corrected chi connectivity index (χ0v) is 14.1. The average Bonchev–Trinajstić information content (AvgIpc) is 2.55. The van der Waals surface area contributed by atoms with Gasteiger partial charge in [0, 0.05) is 36.6 Å². The Morgan fingerprint density at radius 2 is 2.05 bits per heavy atom. The van der Waals surface area contributed by atoms with Crippen molar-refractivity contribution in [1.82, 2.24) is 14.5 Å². The monoisotopic (exact) mass is 321 g/mol. The van der Waals surface area contributed by atoms with E-state index in [-0.39, 0.29) is 17.4 Å². The molecule has 1 fully saturated rings. The van der Waals surface area contributed by atoms with Gasteiger partial charge in [-0.3, -0.25) is 14.2 Å². The molecule has 1 atom stereocenters. The Kier molecular flexibility index (Phi) is 4.57. The maximum atomic E-state index is 12.7. The number of fused-ring (bicyclic) bond motifs is 1. The topological polar surface area (TPSA) is 55.2 Å². The first-order valence-electron chi connectivity index (χ1n) is 8.13. The number of hydrogen-bond donors (Lipinski definition) is 0. The van der Waals surface area contributed by atoms with Crippen LogP contribution < -0.4 is 5.56 Å². The number of thioether (sulfide) groups is 1. The molecule has 0 saturated carbocycles. The lowest BCUT2D eigenvalue weighted by atomic mass is 10.1. The van der Waals surface area contributed by atoms with E-state index in [9.17, 15) is 9.59 Å². The molecule has 0 N–H and O–H groups in total. The molecule has 6 heteroatoms. The highest BCUT2D eigenvalue weighted by atomic mass is 32.2. The van der Waals surface area contributed by atoms with Crippen molar-refractivity contribution in [3.63, 3.8) is 0 Å². The van der Waals surface area contributed by atoms with Crippen LogP contribution in [0.25, 0.3) is 0 Å². The number of aryl methyl sites for hydroxylation is 1. The Labute approximate surface area is 135 Å². The molecule has 120 valence electrons. The fraction of sp³-hybridized carbons (Fsp3) is 0.688. The second-order valence-electron chi connectivity index (χ2n) is 6.12. The van der Waals surface area contributed by atoms with Crippen molar-refractivity contribution >= 4 is 17.7 Å². The summed E-state index contributed by atoms with van der Waals surface area (Å²) < 4.78 is 1.71. The summed E-state index contributed by atoms with van der Waals surface area (Å²) in [5.74, 6) is 0.845. The molecule has 1 aromatic heterocycles. The van der Waals surface area contributed by atoms with E-state index in [4.69, 9.17) is 0 Å². The highest BCUT2D eigenvalue weighted by Gasteiger charge is 2.31. The predicted molar refractivity (Wildman–Crippen MR) is 87.3 cm³/mol. The Morgan fingerprint density at radius 3 is 2.73 bits per heavy atom. The molecule has 2 aliphatic heterocycles. The van der Waals surface area contributed by atoms with Gasteiger partial charge < -0.3 is 4.90 Å². The molecule has 0 radical (unpaired) electrons. The van der Waals surface area contributed by atoms with Gasteiger partial charge in [0.05, 0.1) is 5.92 Å². The van der Waals surface area contributed by atoms with E-state index in [2.05, 4.69) is 4.98 Å². The van der Waals surface area contributed by atoms with Crippen LogP contribution in [0.15, 0.2) is 9.95 Å². The van der Waals surface area contributed by atoms with Gasteiger partial charge in [-0.1, -0.05) is 18.7 Å². The van der Waals surface area contributed by atoms with Crippen molar-refractivity contribution in [1.29, 1.82) is 0 Å². The third-order valence-corrected chi connectivity index (χ3v) is 5.76. The Morgan fingerprint density at radius 1 is 1.32 bits per heavy atom. The van der Waals surface area contributed by atoms with Crippen LogP contribution in [0.3, 0.4) is 0 Å². The first-order chi connectivity index (χ1) is 10.6. The summed E-state index contributed by atoms with van der Waals surface area (Å²) in [5.41, 5.74) is 1.64. The van der Waals surface area contributed by atoms with Gasteiger partial charge in [-0.05, 0) is 32.6 Å². The van der Waals surface area contributed by atoms with Gasteiger partial charge in [-0.15, -0.1) is 0 Å². The summed E-state index contributed by atoms with van der Waals surface area (Å²) in [7, 11) is 0. The van der Waals surface area contributed by atoms with E-state index in [1.807, 2.05) is 18.7 Å². The van der Waals surface area contributed by atoms with Crippen molar-refractivity contribution < 1.29 is 4.79 Å². The number of rotatable bonds is 2. The van der Waals surface area contributed by atoms with Crippen molar-refractivity contribution in [2.45, 2.75) is 51.2 Å². The molecule has 3 heterocycles. The van der Waals surface area contributed by atoms with Crippen LogP contribution in [0.5, 0.6) is 0 Å². The fourth-order valence-corrected chi connectivity index (χ4v) is 4.44. The van der Waals surface area contributed by atoms with Crippen molar-refractivity contribution in [3.05, 3.63) is 21.6 Å². The smallest absolute Gasteiger partial charge is 0.257 e. The predicted octanol–water partition coefficient (Wildman–Crippen LogP) is 1.85. The summed E-state index contributed by atoms with van der Waals surface area (Å²) in [4.78, 5) is 31.8. The number of piperidine rings is 1. The van der Waals surface area contributed by atoms with Gasteiger partial charge in [0.1, 0.15) is 0 Å². The van der Waals surface area contributed by atoms with Crippen LogP contribution in [0.1, 0.15) is 37.4 Å². The number of aromatic nitrogens is 2. The summed E-state index contributed by atoms with van der Waals surface area (Å²) in [5, 5.41) is 0.766. The van der Waals surface area contributed by atoms with E-state index in [1.54, 1.807) is 16.3 Å². The number of nitrogens with zero attached hydrogens (tertiary/aromatic N) is 3. The first-order valence-corrected chi connectivity index (χ1v) is 9.12. The minimum Gasteiger partial charge on any atom is -0.342 e. The third-order valence-electron chi connectivity index (χ3n) is 4.62. The van der Waals surface area contributed by atoms with Gasteiger partial charge in [0.25, 0.3) is 5.56 Å². The summed E-state index contributed by atoms with van der Waals surface area (Å²) >= 11 is 1.54. The zero-order valence-electron chi connectivity index (χ0n) is 13.3. The maximum Gasteiger partial charge on any atom is 0.257 e. The molecule has 0 aromatic carbocycles. The second kappa shape index (κ2) is 6.44. The molecular weight excluding hydrogens is 298 g/mol. The van der Waals surface area contributed by atoms with Gasteiger partial charge in [-0.2, -0.15) is 0 Å². The highest BCUT2D eigenvalue weighted by molar-refractivity contribution is 7.99. The Balaban J connectivity index is 1.84. The van der Waals surface area contributed by atoms with E-state index < -0.39 is 0 Å². The quantitative estimate of drug-likeness (QED) is 0.780. The Hall–Kier alpha value is -1.30.